The van der Waals surface area contributed by atoms with Gasteiger partial charge in [0, 0.05) is 25.0 Å². The minimum Gasteiger partial charge on any atom is -0.480 e. The maximum absolute atomic E-state index is 11.5. The molecule has 1 N–H and O–H groups in total. The summed E-state index contributed by atoms with van der Waals surface area (Å²) in [5.74, 6) is -0.0832. The molecule has 1 aliphatic heterocycles. The van der Waals surface area contributed by atoms with Gasteiger partial charge in [-0.1, -0.05) is 12.8 Å². The predicted octanol–water partition coefficient (Wildman–Crippen LogP) is 2.30. The summed E-state index contributed by atoms with van der Waals surface area (Å²) in [5, 5.41) is 9.45. The van der Waals surface area contributed by atoms with E-state index in [0.717, 1.165) is 24.9 Å². The van der Waals surface area contributed by atoms with E-state index >= 15 is 0 Å². The normalized spacial score (nSPS) is 31.1. The number of hydrogen-bond acceptors (Lipinski definition) is 3. The van der Waals surface area contributed by atoms with Crippen LogP contribution < -0.4 is 0 Å². The Morgan fingerprint density at radius 1 is 1.32 bits per heavy atom. The topological polar surface area (TPSA) is 53.4 Å². The maximum atomic E-state index is 11.5. The number of pyridine rings is 1. The van der Waals surface area contributed by atoms with E-state index in [2.05, 4.69) is 9.88 Å². The molecule has 0 bridgehead atoms. The lowest BCUT2D eigenvalue weighted by Crippen LogP contribution is -2.41. The minimum absolute atomic E-state index is 0.304. The van der Waals surface area contributed by atoms with Crippen LogP contribution in [0.5, 0.6) is 0 Å². The summed E-state index contributed by atoms with van der Waals surface area (Å²) >= 11 is 0. The summed E-state index contributed by atoms with van der Waals surface area (Å²) < 4.78 is 0. The number of carbonyl (C=O) groups is 1. The van der Waals surface area contributed by atoms with Crippen molar-refractivity contribution in [3.8, 4) is 0 Å². The van der Waals surface area contributed by atoms with Crippen LogP contribution in [0.3, 0.4) is 0 Å². The largest absolute Gasteiger partial charge is 0.480 e. The average Bonchev–Trinajstić information content (AvgIpc) is 2.79. The first-order chi connectivity index (χ1) is 9.25. The highest BCUT2D eigenvalue weighted by molar-refractivity contribution is 5.74. The molecular weight excluding hydrogens is 240 g/mol. The van der Waals surface area contributed by atoms with Crippen molar-refractivity contribution >= 4 is 5.97 Å². The Kier molecular flexibility index (Phi) is 3.51. The van der Waals surface area contributed by atoms with Gasteiger partial charge >= 0.3 is 5.97 Å². The van der Waals surface area contributed by atoms with Crippen LogP contribution in [-0.2, 0) is 11.3 Å². The summed E-state index contributed by atoms with van der Waals surface area (Å²) in [6.07, 6.45) is 9.22. The second-order valence-electron chi connectivity index (χ2n) is 5.73. The number of rotatable bonds is 3. The molecule has 0 radical (unpaired) electrons. The number of hydrogen-bond donors (Lipinski definition) is 1. The number of carboxylic acid groups (broad SMARTS) is 1. The zero-order valence-corrected chi connectivity index (χ0v) is 11.0. The highest BCUT2D eigenvalue weighted by atomic mass is 16.4. The SMILES string of the molecule is O=C(O)C1CC2CCCCC2N1Cc1ccncc1. The van der Waals surface area contributed by atoms with Crippen LogP contribution in [0.15, 0.2) is 24.5 Å². The quantitative estimate of drug-likeness (QED) is 0.906. The van der Waals surface area contributed by atoms with Gasteiger partial charge in [-0.05, 0) is 42.9 Å². The van der Waals surface area contributed by atoms with Gasteiger partial charge in [-0.15, -0.1) is 0 Å². The van der Waals surface area contributed by atoms with E-state index < -0.39 is 5.97 Å². The van der Waals surface area contributed by atoms with E-state index in [1.807, 2.05) is 12.1 Å². The van der Waals surface area contributed by atoms with E-state index in [4.69, 9.17) is 0 Å². The highest BCUT2D eigenvalue weighted by Gasteiger charge is 2.44. The van der Waals surface area contributed by atoms with Gasteiger partial charge in [0.05, 0.1) is 0 Å². The Morgan fingerprint density at radius 3 is 2.79 bits per heavy atom. The van der Waals surface area contributed by atoms with E-state index in [1.165, 1.54) is 19.3 Å². The number of aliphatic carboxylic acids is 1. The van der Waals surface area contributed by atoms with Crippen molar-refractivity contribution in [1.29, 1.82) is 0 Å². The van der Waals surface area contributed by atoms with Crippen LogP contribution in [0.2, 0.25) is 0 Å². The molecule has 2 aliphatic rings. The molecule has 2 heterocycles. The molecule has 0 aromatic carbocycles. The summed E-state index contributed by atoms with van der Waals surface area (Å²) in [6.45, 7) is 0.737. The van der Waals surface area contributed by atoms with Gasteiger partial charge in [-0.25, -0.2) is 0 Å². The second-order valence-corrected chi connectivity index (χ2v) is 5.73. The zero-order chi connectivity index (χ0) is 13.2. The lowest BCUT2D eigenvalue weighted by molar-refractivity contribution is -0.142. The van der Waals surface area contributed by atoms with Gasteiger partial charge in [0.1, 0.15) is 6.04 Å². The first kappa shape index (κ1) is 12.6. The van der Waals surface area contributed by atoms with Crippen LogP contribution in [0.25, 0.3) is 0 Å². The monoisotopic (exact) mass is 260 g/mol. The molecule has 3 rings (SSSR count). The Hall–Kier alpha value is -1.42. The van der Waals surface area contributed by atoms with Gasteiger partial charge in [0.15, 0.2) is 0 Å². The van der Waals surface area contributed by atoms with Gasteiger partial charge in [-0.3, -0.25) is 14.7 Å². The third-order valence-corrected chi connectivity index (χ3v) is 4.62. The van der Waals surface area contributed by atoms with Crippen LogP contribution in [-0.4, -0.2) is 33.0 Å². The Labute approximate surface area is 113 Å². The highest BCUT2D eigenvalue weighted by Crippen LogP contribution is 2.40. The predicted molar refractivity (Wildman–Crippen MR) is 71.6 cm³/mol. The molecule has 1 aromatic rings. The third-order valence-electron chi connectivity index (χ3n) is 4.62. The summed E-state index contributed by atoms with van der Waals surface area (Å²) in [7, 11) is 0. The third kappa shape index (κ3) is 2.50. The van der Waals surface area contributed by atoms with Crippen LogP contribution in [0.1, 0.15) is 37.7 Å². The molecule has 2 fully saturated rings. The Morgan fingerprint density at radius 2 is 2.05 bits per heavy atom. The van der Waals surface area contributed by atoms with E-state index in [0.29, 0.717) is 12.0 Å². The fourth-order valence-corrected chi connectivity index (χ4v) is 3.72. The fourth-order valence-electron chi connectivity index (χ4n) is 3.72. The molecule has 3 atom stereocenters. The van der Waals surface area contributed by atoms with E-state index in [1.54, 1.807) is 12.4 Å². The van der Waals surface area contributed by atoms with Crippen molar-refractivity contribution in [2.24, 2.45) is 5.92 Å². The van der Waals surface area contributed by atoms with Crippen molar-refractivity contribution in [2.45, 2.75) is 50.7 Å². The molecule has 1 saturated carbocycles. The number of fused-ring (bicyclic) bond motifs is 1. The van der Waals surface area contributed by atoms with E-state index in [9.17, 15) is 9.90 Å². The molecule has 4 heteroatoms. The van der Waals surface area contributed by atoms with Crippen molar-refractivity contribution in [3.05, 3.63) is 30.1 Å². The Bertz CT molecular complexity index is 449. The molecule has 1 saturated heterocycles. The number of likely N-dealkylation sites (tertiary alicyclic amines) is 1. The van der Waals surface area contributed by atoms with Gasteiger partial charge in [0.25, 0.3) is 0 Å². The molecule has 1 aliphatic carbocycles. The van der Waals surface area contributed by atoms with E-state index in [-0.39, 0.29) is 6.04 Å². The lowest BCUT2D eigenvalue weighted by atomic mass is 9.84. The van der Waals surface area contributed by atoms with Crippen LogP contribution in [0, 0.1) is 5.92 Å². The van der Waals surface area contributed by atoms with Crippen molar-refractivity contribution in [2.75, 3.05) is 0 Å². The molecule has 19 heavy (non-hydrogen) atoms. The molecule has 4 nitrogen and oxygen atoms in total. The smallest absolute Gasteiger partial charge is 0.320 e. The van der Waals surface area contributed by atoms with Crippen molar-refractivity contribution in [3.63, 3.8) is 0 Å². The average molecular weight is 260 g/mol. The number of aromatic nitrogens is 1. The molecule has 0 amide bonds. The molecule has 102 valence electrons. The van der Waals surface area contributed by atoms with Gasteiger partial charge in [0.2, 0.25) is 0 Å². The zero-order valence-electron chi connectivity index (χ0n) is 11.0. The first-order valence-electron chi connectivity index (χ1n) is 7.13. The number of nitrogens with zero attached hydrogens (tertiary/aromatic N) is 2. The second kappa shape index (κ2) is 5.29. The molecule has 3 unspecified atom stereocenters. The van der Waals surface area contributed by atoms with Crippen LogP contribution >= 0.6 is 0 Å². The Balaban J connectivity index is 1.80. The molecule has 0 spiro atoms. The molecule has 1 aromatic heterocycles. The summed E-state index contributed by atoms with van der Waals surface area (Å²) in [5.41, 5.74) is 1.16. The maximum Gasteiger partial charge on any atom is 0.320 e. The standard InChI is InChI=1S/C15H20N2O2/c18-15(19)14-9-12-3-1-2-4-13(12)17(14)10-11-5-7-16-8-6-11/h5-8,12-14H,1-4,9-10H2,(H,18,19). The minimum atomic E-state index is -0.663. The molecular formula is C15H20N2O2. The lowest BCUT2D eigenvalue weighted by Gasteiger charge is -2.32. The van der Waals surface area contributed by atoms with Crippen molar-refractivity contribution < 1.29 is 9.90 Å². The first-order valence-corrected chi connectivity index (χ1v) is 7.13. The van der Waals surface area contributed by atoms with Gasteiger partial charge in [-0.2, -0.15) is 0 Å². The van der Waals surface area contributed by atoms with Crippen LogP contribution in [0.4, 0.5) is 0 Å². The van der Waals surface area contributed by atoms with Crippen molar-refractivity contribution in [1.82, 2.24) is 9.88 Å². The summed E-state index contributed by atoms with van der Waals surface area (Å²) in [6, 6.07) is 4.12. The summed E-state index contributed by atoms with van der Waals surface area (Å²) in [4.78, 5) is 17.7. The van der Waals surface area contributed by atoms with Gasteiger partial charge < -0.3 is 5.11 Å². The fraction of sp³-hybridized carbons (Fsp3) is 0.600. The number of carboxylic acids is 1.